The van der Waals surface area contributed by atoms with Gasteiger partial charge in [-0.1, -0.05) is 0 Å². The van der Waals surface area contributed by atoms with Gasteiger partial charge in [0.25, 0.3) is 0 Å². The number of hydrogen-bond acceptors (Lipinski definition) is 2. The molecule has 0 radical (unpaired) electrons. The molecule has 64 valence electrons. The third-order valence-electron chi connectivity index (χ3n) is 1.78. The quantitative estimate of drug-likeness (QED) is 0.635. The molecule has 0 aliphatic heterocycles. The number of aromatic amines is 1. The first-order chi connectivity index (χ1) is 5.52. The zero-order valence-electron chi connectivity index (χ0n) is 7.39. The molecule has 0 spiro atoms. The van der Waals surface area contributed by atoms with Crippen molar-refractivity contribution in [1.82, 2.24) is 4.98 Å². The van der Waals surface area contributed by atoms with Crippen molar-refractivity contribution < 1.29 is 4.79 Å². The summed E-state index contributed by atoms with van der Waals surface area (Å²) in [5.74, 6) is -0.0127. The van der Waals surface area contributed by atoms with Crippen molar-refractivity contribution >= 4 is 5.78 Å². The van der Waals surface area contributed by atoms with Crippen LogP contribution in [0.4, 0.5) is 0 Å². The van der Waals surface area contributed by atoms with Crippen LogP contribution in [-0.2, 0) is 0 Å². The lowest BCUT2D eigenvalue weighted by molar-refractivity contribution is 0.101. The molecule has 0 unspecified atom stereocenters. The topological polar surface area (TPSA) is 49.9 Å². The first-order valence-corrected chi connectivity index (χ1v) is 3.74. The van der Waals surface area contributed by atoms with Gasteiger partial charge in [0, 0.05) is 17.3 Å². The van der Waals surface area contributed by atoms with Gasteiger partial charge in [0.1, 0.15) is 0 Å². The molecule has 0 bridgehead atoms. The van der Waals surface area contributed by atoms with Crippen LogP contribution in [0.5, 0.6) is 0 Å². The highest BCUT2D eigenvalue weighted by Gasteiger charge is 2.07. The summed E-state index contributed by atoms with van der Waals surface area (Å²) in [6.07, 6.45) is 0. The maximum Gasteiger partial charge on any atom is 0.248 e. The molecular formula is C9H11NO2. The van der Waals surface area contributed by atoms with Crippen molar-refractivity contribution in [1.29, 1.82) is 0 Å². The first-order valence-electron chi connectivity index (χ1n) is 3.74. The first kappa shape index (κ1) is 8.71. The molecule has 0 aliphatic rings. The van der Waals surface area contributed by atoms with E-state index >= 15 is 0 Å². The summed E-state index contributed by atoms with van der Waals surface area (Å²) in [7, 11) is 0. The SMILES string of the molecule is CC(=O)c1c(C)cc(=O)[nH]c1C. The number of nitrogens with one attached hydrogen (secondary N) is 1. The Morgan fingerprint density at radius 2 is 2.00 bits per heavy atom. The molecule has 0 saturated carbocycles. The number of hydrogen-bond donors (Lipinski definition) is 1. The fourth-order valence-corrected chi connectivity index (χ4v) is 1.39. The van der Waals surface area contributed by atoms with Crippen molar-refractivity contribution in [2.75, 3.05) is 0 Å². The van der Waals surface area contributed by atoms with E-state index < -0.39 is 0 Å². The molecule has 1 aromatic rings. The normalized spacial score (nSPS) is 9.92. The van der Waals surface area contributed by atoms with E-state index in [4.69, 9.17) is 0 Å². The van der Waals surface area contributed by atoms with Crippen LogP contribution in [0.1, 0.15) is 28.5 Å². The Balaban J connectivity index is 3.48. The summed E-state index contributed by atoms with van der Waals surface area (Å²) in [6.45, 7) is 4.98. The van der Waals surface area contributed by atoms with Gasteiger partial charge in [-0.25, -0.2) is 0 Å². The van der Waals surface area contributed by atoms with Crippen molar-refractivity contribution in [3.63, 3.8) is 0 Å². The molecule has 1 N–H and O–H groups in total. The van der Waals surface area contributed by atoms with Crippen LogP contribution in [0.15, 0.2) is 10.9 Å². The zero-order chi connectivity index (χ0) is 9.30. The number of aromatic nitrogens is 1. The summed E-state index contributed by atoms with van der Waals surface area (Å²) in [4.78, 5) is 24.6. The van der Waals surface area contributed by atoms with Gasteiger partial charge in [-0.2, -0.15) is 0 Å². The van der Waals surface area contributed by atoms with E-state index in [1.54, 1.807) is 13.8 Å². The second-order valence-electron chi connectivity index (χ2n) is 2.87. The summed E-state index contributed by atoms with van der Waals surface area (Å²) >= 11 is 0. The van der Waals surface area contributed by atoms with E-state index in [1.165, 1.54) is 13.0 Å². The molecule has 3 heteroatoms. The minimum Gasteiger partial charge on any atom is -0.326 e. The molecule has 3 nitrogen and oxygen atoms in total. The Labute approximate surface area is 70.4 Å². The molecule has 0 fully saturated rings. The van der Waals surface area contributed by atoms with Crippen LogP contribution < -0.4 is 5.56 Å². The summed E-state index contributed by atoms with van der Waals surface area (Å²) < 4.78 is 0. The maximum absolute atomic E-state index is 11.1. The van der Waals surface area contributed by atoms with Gasteiger partial charge >= 0.3 is 0 Å². The molecule has 0 aromatic carbocycles. The van der Waals surface area contributed by atoms with Crippen LogP contribution in [0.2, 0.25) is 0 Å². The lowest BCUT2D eigenvalue weighted by Gasteiger charge is -2.03. The second kappa shape index (κ2) is 2.93. The number of aryl methyl sites for hydroxylation is 2. The summed E-state index contributed by atoms with van der Waals surface area (Å²) in [5, 5.41) is 0. The maximum atomic E-state index is 11.1. The smallest absolute Gasteiger partial charge is 0.248 e. The molecule has 1 rings (SSSR count). The largest absolute Gasteiger partial charge is 0.326 e. The predicted molar refractivity (Wildman–Crippen MR) is 46.5 cm³/mol. The van der Waals surface area contributed by atoms with Gasteiger partial charge in [-0.05, 0) is 26.3 Å². The number of carbonyl (C=O) groups excluding carboxylic acids is 1. The lowest BCUT2D eigenvalue weighted by Crippen LogP contribution is -2.12. The molecule has 0 aliphatic carbocycles. The molecule has 0 amide bonds. The minimum absolute atomic E-state index is 0.0127. The highest BCUT2D eigenvalue weighted by molar-refractivity contribution is 5.96. The van der Waals surface area contributed by atoms with Gasteiger partial charge in [0.05, 0.1) is 0 Å². The average Bonchev–Trinajstić information content (AvgIpc) is 1.82. The van der Waals surface area contributed by atoms with E-state index in [1.807, 2.05) is 0 Å². The molecule has 1 heterocycles. The Morgan fingerprint density at radius 1 is 1.42 bits per heavy atom. The molecule has 0 saturated heterocycles. The number of pyridine rings is 1. The van der Waals surface area contributed by atoms with Crippen molar-refractivity contribution in [2.45, 2.75) is 20.8 Å². The van der Waals surface area contributed by atoms with E-state index in [-0.39, 0.29) is 11.3 Å². The fourth-order valence-electron chi connectivity index (χ4n) is 1.39. The predicted octanol–water partition coefficient (Wildman–Crippen LogP) is 1.19. The van der Waals surface area contributed by atoms with Crippen LogP contribution in [-0.4, -0.2) is 10.8 Å². The highest BCUT2D eigenvalue weighted by Crippen LogP contribution is 2.08. The Hall–Kier alpha value is -1.38. The van der Waals surface area contributed by atoms with Crippen molar-refractivity contribution in [3.05, 3.63) is 33.2 Å². The van der Waals surface area contributed by atoms with Gasteiger partial charge in [-0.15, -0.1) is 0 Å². The third-order valence-corrected chi connectivity index (χ3v) is 1.78. The van der Waals surface area contributed by atoms with Crippen molar-refractivity contribution in [2.24, 2.45) is 0 Å². The number of H-pyrrole nitrogens is 1. The fraction of sp³-hybridized carbons (Fsp3) is 0.333. The Morgan fingerprint density at radius 3 is 2.42 bits per heavy atom. The Kier molecular flexibility index (Phi) is 2.13. The van der Waals surface area contributed by atoms with E-state index in [0.717, 1.165) is 5.56 Å². The highest BCUT2D eigenvalue weighted by atomic mass is 16.1. The second-order valence-corrected chi connectivity index (χ2v) is 2.87. The zero-order valence-corrected chi connectivity index (χ0v) is 7.39. The molecule has 0 atom stereocenters. The average molecular weight is 165 g/mol. The standard InChI is InChI=1S/C9H11NO2/c1-5-4-8(12)10-6(2)9(5)7(3)11/h4H,1-3H3,(H,10,12). The van der Waals surface area contributed by atoms with E-state index in [0.29, 0.717) is 11.3 Å². The minimum atomic E-state index is -0.157. The third kappa shape index (κ3) is 1.44. The monoisotopic (exact) mass is 165 g/mol. The van der Waals surface area contributed by atoms with E-state index in [2.05, 4.69) is 4.98 Å². The van der Waals surface area contributed by atoms with Crippen LogP contribution in [0, 0.1) is 13.8 Å². The van der Waals surface area contributed by atoms with Crippen LogP contribution in [0.3, 0.4) is 0 Å². The molecular weight excluding hydrogens is 154 g/mol. The Bertz CT molecular complexity index is 350. The summed E-state index contributed by atoms with van der Waals surface area (Å²) in [5.41, 5.74) is 1.85. The van der Waals surface area contributed by atoms with Gasteiger partial charge in [0.2, 0.25) is 5.56 Å². The number of ketones is 1. The van der Waals surface area contributed by atoms with Crippen LogP contribution in [0.25, 0.3) is 0 Å². The number of carbonyl (C=O) groups is 1. The van der Waals surface area contributed by atoms with Gasteiger partial charge in [-0.3, -0.25) is 9.59 Å². The lowest BCUT2D eigenvalue weighted by atomic mass is 10.1. The number of rotatable bonds is 1. The van der Waals surface area contributed by atoms with E-state index in [9.17, 15) is 9.59 Å². The summed E-state index contributed by atoms with van der Waals surface area (Å²) in [6, 6.07) is 1.43. The van der Waals surface area contributed by atoms with Crippen LogP contribution >= 0.6 is 0 Å². The van der Waals surface area contributed by atoms with Crippen molar-refractivity contribution in [3.8, 4) is 0 Å². The van der Waals surface area contributed by atoms with Gasteiger partial charge in [0.15, 0.2) is 5.78 Å². The molecule has 1 aromatic heterocycles. The number of Topliss-reactive ketones (excluding diaryl/α,β-unsaturated/α-hetero) is 1. The van der Waals surface area contributed by atoms with Gasteiger partial charge < -0.3 is 4.98 Å². The molecule has 12 heavy (non-hydrogen) atoms.